The molecule has 6 nitrogen and oxygen atoms in total. The van der Waals surface area contributed by atoms with Gasteiger partial charge in [0, 0.05) is 18.2 Å². The van der Waals surface area contributed by atoms with Crippen molar-refractivity contribution in [3.8, 4) is 11.5 Å². The molecule has 0 spiro atoms. The fourth-order valence-electron chi connectivity index (χ4n) is 2.51. The van der Waals surface area contributed by atoms with Crippen molar-refractivity contribution in [1.29, 1.82) is 0 Å². The maximum absolute atomic E-state index is 12.7. The van der Waals surface area contributed by atoms with Crippen LogP contribution in [0.4, 0.5) is 11.4 Å². The molecular formula is C21H19N3O3. The van der Waals surface area contributed by atoms with Gasteiger partial charge in [-0.25, -0.2) is 10.9 Å². The second-order valence-corrected chi connectivity index (χ2v) is 5.82. The molecule has 0 bridgehead atoms. The van der Waals surface area contributed by atoms with E-state index in [-0.39, 0.29) is 5.91 Å². The summed E-state index contributed by atoms with van der Waals surface area (Å²) >= 11 is 0. The Kier molecular flexibility index (Phi) is 5.49. The number of hydrazine groups is 1. The highest BCUT2D eigenvalue weighted by atomic mass is 16.5. The van der Waals surface area contributed by atoms with Crippen molar-refractivity contribution >= 4 is 23.2 Å². The summed E-state index contributed by atoms with van der Waals surface area (Å²) in [5.74, 6) is 6.61. The second kappa shape index (κ2) is 8.16. The van der Waals surface area contributed by atoms with Crippen LogP contribution in [0.15, 0.2) is 78.9 Å². The van der Waals surface area contributed by atoms with E-state index in [1.54, 1.807) is 42.5 Å². The van der Waals surface area contributed by atoms with Crippen LogP contribution in [0.25, 0.3) is 0 Å². The maximum atomic E-state index is 12.7. The van der Waals surface area contributed by atoms with E-state index in [1.165, 1.54) is 6.92 Å². The first-order valence-electron chi connectivity index (χ1n) is 8.33. The van der Waals surface area contributed by atoms with Gasteiger partial charge in [-0.2, -0.15) is 0 Å². The van der Waals surface area contributed by atoms with Crippen molar-refractivity contribution in [3.05, 3.63) is 84.4 Å². The summed E-state index contributed by atoms with van der Waals surface area (Å²) in [7, 11) is 0. The zero-order valence-corrected chi connectivity index (χ0v) is 14.8. The number of benzene rings is 3. The molecule has 0 aliphatic carbocycles. The number of carbonyl (C=O) groups excluding carboxylic acids is 2. The number of hydrogen-bond acceptors (Lipinski definition) is 4. The second-order valence-electron chi connectivity index (χ2n) is 5.82. The van der Waals surface area contributed by atoms with E-state index in [1.807, 2.05) is 36.4 Å². The molecule has 6 heteroatoms. The van der Waals surface area contributed by atoms with E-state index in [9.17, 15) is 9.59 Å². The van der Waals surface area contributed by atoms with E-state index in [0.29, 0.717) is 28.4 Å². The predicted molar refractivity (Wildman–Crippen MR) is 105 cm³/mol. The van der Waals surface area contributed by atoms with Crippen LogP contribution >= 0.6 is 0 Å². The van der Waals surface area contributed by atoms with Crippen molar-refractivity contribution in [3.63, 3.8) is 0 Å². The summed E-state index contributed by atoms with van der Waals surface area (Å²) in [6.07, 6.45) is 0. The number of ether oxygens (including phenoxy) is 1. The molecule has 3 N–H and O–H groups in total. The normalized spacial score (nSPS) is 10.1. The summed E-state index contributed by atoms with van der Waals surface area (Å²) in [6, 6.07) is 22.8. The molecule has 0 saturated carbocycles. The molecule has 3 rings (SSSR count). The van der Waals surface area contributed by atoms with Gasteiger partial charge in [0.1, 0.15) is 11.4 Å². The number of hydrogen-bond donors (Lipinski definition) is 2. The third-order valence-corrected chi connectivity index (χ3v) is 3.77. The lowest BCUT2D eigenvalue weighted by Gasteiger charge is -2.20. The largest absolute Gasteiger partial charge is 0.455 e. The number of nitrogens with one attached hydrogen (secondary N) is 1. The lowest BCUT2D eigenvalue weighted by atomic mass is 10.1. The molecule has 2 amide bonds. The van der Waals surface area contributed by atoms with Crippen LogP contribution in [0, 0.1) is 0 Å². The van der Waals surface area contributed by atoms with Gasteiger partial charge < -0.3 is 10.1 Å². The van der Waals surface area contributed by atoms with Gasteiger partial charge in [-0.05, 0) is 48.5 Å². The molecule has 0 unspecified atom stereocenters. The van der Waals surface area contributed by atoms with Crippen LogP contribution in [0.2, 0.25) is 0 Å². The van der Waals surface area contributed by atoms with E-state index in [4.69, 9.17) is 10.6 Å². The fourth-order valence-corrected chi connectivity index (χ4v) is 2.51. The molecule has 0 heterocycles. The molecule has 0 aliphatic heterocycles. The third kappa shape index (κ3) is 4.50. The number of rotatable bonds is 5. The van der Waals surface area contributed by atoms with Crippen molar-refractivity contribution in [1.82, 2.24) is 0 Å². The molecule has 0 fully saturated rings. The topological polar surface area (TPSA) is 84.7 Å². The van der Waals surface area contributed by atoms with Crippen LogP contribution in [0.5, 0.6) is 11.5 Å². The molecule has 0 saturated heterocycles. The third-order valence-electron chi connectivity index (χ3n) is 3.77. The lowest BCUT2D eigenvalue weighted by Crippen LogP contribution is -2.37. The minimum Gasteiger partial charge on any atom is -0.455 e. The van der Waals surface area contributed by atoms with Gasteiger partial charge in [0.15, 0.2) is 5.75 Å². The molecular weight excluding hydrogens is 342 g/mol. The van der Waals surface area contributed by atoms with Crippen molar-refractivity contribution in [2.75, 3.05) is 10.3 Å². The molecule has 0 aromatic heterocycles. The Morgan fingerprint density at radius 3 is 2.19 bits per heavy atom. The van der Waals surface area contributed by atoms with Gasteiger partial charge in [0.05, 0.1) is 0 Å². The van der Waals surface area contributed by atoms with Crippen molar-refractivity contribution in [2.45, 2.75) is 6.92 Å². The van der Waals surface area contributed by atoms with E-state index in [0.717, 1.165) is 5.01 Å². The number of nitrogens with zero attached hydrogens (tertiary/aromatic N) is 1. The molecule has 0 radical (unpaired) electrons. The zero-order valence-electron chi connectivity index (χ0n) is 14.8. The Labute approximate surface area is 157 Å². The Morgan fingerprint density at radius 1 is 0.889 bits per heavy atom. The van der Waals surface area contributed by atoms with E-state index >= 15 is 0 Å². The highest BCUT2D eigenvalue weighted by Gasteiger charge is 2.18. The Balaban J connectivity index is 1.82. The van der Waals surface area contributed by atoms with Gasteiger partial charge in [-0.3, -0.25) is 9.59 Å². The number of nitrogens with two attached hydrogens (primary N) is 1. The van der Waals surface area contributed by atoms with Crippen LogP contribution in [0.1, 0.15) is 17.3 Å². The minimum absolute atomic E-state index is 0.179. The van der Waals surface area contributed by atoms with Crippen LogP contribution in [-0.4, -0.2) is 11.8 Å². The van der Waals surface area contributed by atoms with E-state index in [2.05, 4.69) is 5.32 Å². The molecule has 3 aromatic carbocycles. The fraction of sp³-hybridized carbons (Fsp3) is 0.0476. The first-order chi connectivity index (χ1) is 13.0. The van der Waals surface area contributed by atoms with Gasteiger partial charge in [-0.1, -0.05) is 30.3 Å². The van der Waals surface area contributed by atoms with Crippen molar-refractivity contribution < 1.29 is 14.3 Å². The minimum atomic E-state index is -0.395. The molecule has 3 aromatic rings. The number of amides is 2. The summed E-state index contributed by atoms with van der Waals surface area (Å²) in [5.41, 5.74) is 1.44. The summed E-state index contributed by atoms with van der Waals surface area (Å²) < 4.78 is 5.86. The van der Waals surface area contributed by atoms with Gasteiger partial charge in [0.25, 0.3) is 5.91 Å². The average molecular weight is 361 g/mol. The first-order valence-corrected chi connectivity index (χ1v) is 8.33. The maximum Gasteiger partial charge on any atom is 0.272 e. The Bertz CT molecular complexity index is 940. The van der Waals surface area contributed by atoms with Crippen molar-refractivity contribution in [2.24, 2.45) is 5.84 Å². The van der Waals surface area contributed by atoms with Crippen LogP contribution in [-0.2, 0) is 4.79 Å². The summed E-state index contributed by atoms with van der Waals surface area (Å²) in [4.78, 5) is 23.8. The Morgan fingerprint density at radius 2 is 1.52 bits per heavy atom. The average Bonchev–Trinajstić information content (AvgIpc) is 2.68. The lowest BCUT2D eigenvalue weighted by molar-refractivity contribution is -0.114. The van der Waals surface area contributed by atoms with Gasteiger partial charge in [-0.15, -0.1) is 0 Å². The standard InChI is InChI=1S/C21H19N3O3/c1-15(25)23-17-13-11-16(12-14-17)21(26)24(22)19-9-5-6-10-20(19)27-18-7-3-2-4-8-18/h2-14H,22H2,1H3,(H,23,25). The monoisotopic (exact) mass is 361 g/mol. The smallest absolute Gasteiger partial charge is 0.272 e. The highest BCUT2D eigenvalue weighted by molar-refractivity contribution is 6.06. The quantitative estimate of drug-likeness (QED) is 0.409. The first kappa shape index (κ1) is 18.2. The zero-order chi connectivity index (χ0) is 19.2. The molecule has 27 heavy (non-hydrogen) atoms. The Hall–Kier alpha value is -3.64. The number of carbonyl (C=O) groups is 2. The molecule has 0 aliphatic rings. The summed E-state index contributed by atoms with van der Waals surface area (Å²) in [6.45, 7) is 1.42. The SMILES string of the molecule is CC(=O)Nc1ccc(C(=O)N(N)c2ccccc2Oc2ccccc2)cc1. The van der Waals surface area contributed by atoms with Gasteiger partial charge >= 0.3 is 0 Å². The highest BCUT2D eigenvalue weighted by Crippen LogP contribution is 2.31. The van der Waals surface area contributed by atoms with Crippen LogP contribution < -0.4 is 20.9 Å². The van der Waals surface area contributed by atoms with Crippen LogP contribution in [0.3, 0.4) is 0 Å². The number of anilines is 2. The summed E-state index contributed by atoms with van der Waals surface area (Å²) in [5, 5.41) is 3.70. The molecule has 136 valence electrons. The predicted octanol–water partition coefficient (Wildman–Crippen LogP) is 3.96. The molecule has 0 atom stereocenters. The number of para-hydroxylation sites is 3. The van der Waals surface area contributed by atoms with E-state index < -0.39 is 5.91 Å². The van der Waals surface area contributed by atoms with Gasteiger partial charge in [0.2, 0.25) is 5.91 Å².